The van der Waals surface area contributed by atoms with E-state index in [2.05, 4.69) is 10.2 Å². The molecule has 0 aliphatic heterocycles. The normalized spacial score (nSPS) is 18.6. The van der Waals surface area contributed by atoms with E-state index in [9.17, 15) is 5.21 Å². The number of aromatic nitrogens is 1. The van der Waals surface area contributed by atoms with E-state index in [1.54, 1.807) is 18.2 Å². The highest BCUT2D eigenvalue weighted by Crippen LogP contribution is 2.14. The predicted octanol–water partition coefficient (Wildman–Crippen LogP) is 2.22. The zero-order valence-electron chi connectivity index (χ0n) is 11.2. The summed E-state index contributed by atoms with van der Waals surface area (Å²) in [6, 6.07) is 3.49. The summed E-state index contributed by atoms with van der Waals surface area (Å²) in [4.78, 5) is 0. The molecule has 98 valence electrons. The second kappa shape index (κ2) is 5.06. The Balaban J connectivity index is 2.43. The third-order valence-electron chi connectivity index (χ3n) is 2.94. The maximum absolute atomic E-state index is 9.60. The van der Waals surface area contributed by atoms with E-state index in [0.29, 0.717) is 16.9 Å². The number of hydrogen-bond acceptors (Lipinski definition) is 4. The van der Waals surface area contributed by atoms with Crippen molar-refractivity contribution in [3.63, 3.8) is 0 Å². The van der Waals surface area contributed by atoms with Gasteiger partial charge < -0.3 is 5.21 Å². The van der Waals surface area contributed by atoms with Crippen LogP contribution in [0.2, 0.25) is 0 Å². The SMILES string of the molecule is CC1=CC(=N)/C(=N/N=c2\cc(C)ccn2O)C=C1C. The summed E-state index contributed by atoms with van der Waals surface area (Å²) in [5, 5.41) is 25.5. The van der Waals surface area contributed by atoms with E-state index in [1.165, 1.54) is 6.20 Å². The van der Waals surface area contributed by atoms with Gasteiger partial charge in [-0.2, -0.15) is 4.73 Å². The van der Waals surface area contributed by atoms with Crippen LogP contribution in [0.25, 0.3) is 0 Å². The average molecular weight is 256 g/mol. The Morgan fingerprint density at radius 1 is 1.11 bits per heavy atom. The van der Waals surface area contributed by atoms with Crippen molar-refractivity contribution in [2.45, 2.75) is 20.8 Å². The van der Waals surface area contributed by atoms with Gasteiger partial charge in [-0.1, -0.05) is 0 Å². The molecule has 5 heteroatoms. The van der Waals surface area contributed by atoms with Gasteiger partial charge in [0.2, 0.25) is 0 Å². The highest BCUT2D eigenvalue weighted by atomic mass is 16.5. The maximum Gasteiger partial charge on any atom is 0.190 e. The van der Waals surface area contributed by atoms with Crippen molar-refractivity contribution >= 4 is 11.4 Å². The van der Waals surface area contributed by atoms with Crippen LogP contribution in [0.1, 0.15) is 19.4 Å². The number of allylic oxidation sites excluding steroid dienone is 4. The molecule has 1 aliphatic carbocycles. The van der Waals surface area contributed by atoms with Gasteiger partial charge >= 0.3 is 0 Å². The van der Waals surface area contributed by atoms with E-state index in [1.807, 2.05) is 26.8 Å². The van der Waals surface area contributed by atoms with E-state index < -0.39 is 0 Å². The predicted molar refractivity (Wildman–Crippen MR) is 74.6 cm³/mol. The summed E-state index contributed by atoms with van der Waals surface area (Å²) < 4.78 is 0.904. The molecular weight excluding hydrogens is 240 g/mol. The number of hydrogen-bond donors (Lipinski definition) is 2. The lowest BCUT2D eigenvalue weighted by Crippen LogP contribution is -2.19. The summed E-state index contributed by atoms with van der Waals surface area (Å²) in [5.74, 6) is 0. The number of aryl methyl sites for hydroxylation is 1. The molecule has 0 spiro atoms. The first-order valence-corrected chi connectivity index (χ1v) is 5.93. The van der Waals surface area contributed by atoms with Crippen molar-refractivity contribution in [3.8, 4) is 0 Å². The van der Waals surface area contributed by atoms with Gasteiger partial charge in [0.15, 0.2) is 5.49 Å². The summed E-state index contributed by atoms with van der Waals surface area (Å²) in [5.41, 5.74) is 4.24. The second-order valence-corrected chi connectivity index (χ2v) is 4.56. The third kappa shape index (κ3) is 2.88. The molecule has 0 fully saturated rings. The molecule has 1 aromatic heterocycles. The highest BCUT2D eigenvalue weighted by Gasteiger charge is 2.10. The first-order valence-electron chi connectivity index (χ1n) is 5.93. The molecule has 1 heterocycles. The van der Waals surface area contributed by atoms with E-state index >= 15 is 0 Å². The Hall–Kier alpha value is -2.43. The topological polar surface area (TPSA) is 73.7 Å². The van der Waals surface area contributed by atoms with Crippen LogP contribution in [-0.4, -0.2) is 21.4 Å². The number of nitrogens with zero attached hydrogens (tertiary/aromatic N) is 3. The lowest BCUT2D eigenvalue weighted by atomic mass is 9.98. The summed E-state index contributed by atoms with van der Waals surface area (Å²) in [6.07, 6.45) is 5.08. The van der Waals surface area contributed by atoms with Crippen molar-refractivity contribution in [1.82, 2.24) is 4.73 Å². The standard InChI is InChI=1S/C14H16N4O/c1-9-4-5-18(19)14(6-9)17-16-13-8-11(3)10(2)7-12(13)15/h4-8,15,19H,1-3H3/b15-12?,16-13+,17-14+. The molecule has 0 saturated heterocycles. The molecule has 1 aromatic rings. The molecule has 0 saturated carbocycles. The Kier molecular flexibility index (Phi) is 3.46. The van der Waals surface area contributed by atoms with Crippen molar-refractivity contribution < 1.29 is 5.21 Å². The van der Waals surface area contributed by atoms with E-state index in [-0.39, 0.29) is 0 Å². The highest BCUT2D eigenvalue weighted by molar-refractivity contribution is 6.50. The lowest BCUT2D eigenvalue weighted by Gasteiger charge is -2.09. The van der Waals surface area contributed by atoms with Gasteiger partial charge in [0, 0.05) is 6.20 Å². The fourth-order valence-electron chi connectivity index (χ4n) is 1.65. The first-order chi connectivity index (χ1) is 8.97. The van der Waals surface area contributed by atoms with Crippen molar-refractivity contribution in [2.75, 3.05) is 0 Å². The largest absolute Gasteiger partial charge is 0.427 e. The molecule has 5 nitrogen and oxygen atoms in total. The first kappa shape index (κ1) is 13.0. The lowest BCUT2D eigenvalue weighted by molar-refractivity contribution is 0.171. The van der Waals surface area contributed by atoms with Gasteiger partial charge in [0.05, 0.1) is 5.71 Å². The van der Waals surface area contributed by atoms with Gasteiger partial charge in [0.1, 0.15) is 5.71 Å². The molecular formula is C14H16N4O. The molecule has 0 unspecified atom stereocenters. The van der Waals surface area contributed by atoms with Crippen LogP contribution >= 0.6 is 0 Å². The molecule has 2 N–H and O–H groups in total. The summed E-state index contributed by atoms with van der Waals surface area (Å²) in [6.45, 7) is 5.83. The number of nitrogens with one attached hydrogen (secondary N) is 1. The van der Waals surface area contributed by atoms with Crippen molar-refractivity contribution in [2.24, 2.45) is 10.2 Å². The van der Waals surface area contributed by atoms with Gasteiger partial charge in [-0.3, -0.25) is 5.41 Å². The molecule has 2 rings (SSSR count). The van der Waals surface area contributed by atoms with Crippen LogP contribution in [0.3, 0.4) is 0 Å². The third-order valence-corrected chi connectivity index (χ3v) is 2.94. The number of pyridine rings is 1. The van der Waals surface area contributed by atoms with Crippen LogP contribution in [0.5, 0.6) is 0 Å². The molecule has 0 radical (unpaired) electrons. The maximum atomic E-state index is 9.60. The summed E-state index contributed by atoms with van der Waals surface area (Å²) >= 11 is 0. The molecule has 0 atom stereocenters. The molecule has 0 bridgehead atoms. The molecule has 0 amide bonds. The fourth-order valence-corrected chi connectivity index (χ4v) is 1.65. The average Bonchev–Trinajstić information content (AvgIpc) is 2.36. The minimum Gasteiger partial charge on any atom is -0.427 e. The fraction of sp³-hybridized carbons (Fsp3) is 0.214. The zero-order valence-corrected chi connectivity index (χ0v) is 11.2. The van der Waals surface area contributed by atoms with Gasteiger partial charge in [-0.15, -0.1) is 10.2 Å². The minimum atomic E-state index is 0.323. The van der Waals surface area contributed by atoms with Crippen LogP contribution in [-0.2, 0) is 0 Å². The molecule has 0 aromatic carbocycles. The van der Waals surface area contributed by atoms with Crippen molar-refractivity contribution in [1.29, 1.82) is 5.41 Å². The quantitative estimate of drug-likeness (QED) is 0.451. The van der Waals surface area contributed by atoms with Gasteiger partial charge in [-0.25, -0.2) is 0 Å². The van der Waals surface area contributed by atoms with Crippen LogP contribution in [0, 0.1) is 12.3 Å². The van der Waals surface area contributed by atoms with Gasteiger partial charge in [-0.05, 0) is 61.8 Å². The van der Waals surface area contributed by atoms with Crippen LogP contribution in [0.4, 0.5) is 0 Å². The van der Waals surface area contributed by atoms with Gasteiger partial charge in [0.25, 0.3) is 0 Å². The molecule has 1 aliphatic rings. The number of rotatable bonds is 1. The van der Waals surface area contributed by atoms with E-state index in [4.69, 9.17) is 5.41 Å². The van der Waals surface area contributed by atoms with Crippen LogP contribution < -0.4 is 5.49 Å². The summed E-state index contributed by atoms with van der Waals surface area (Å²) in [7, 11) is 0. The molecule has 19 heavy (non-hydrogen) atoms. The Morgan fingerprint density at radius 2 is 1.79 bits per heavy atom. The van der Waals surface area contributed by atoms with E-state index in [0.717, 1.165) is 21.4 Å². The zero-order chi connectivity index (χ0) is 14.0. The minimum absolute atomic E-state index is 0.323. The monoisotopic (exact) mass is 256 g/mol. The Morgan fingerprint density at radius 3 is 2.53 bits per heavy atom. The second-order valence-electron chi connectivity index (χ2n) is 4.56. The van der Waals surface area contributed by atoms with Crippen LogP contribution in [0.15, 0.2) is 51.8 Å². The Labute approximate surface area is 111 Å². The Bertz CT molecular complexity index is 690. The smallest absolute Gasteiger partial charge is 0.190 e. The van der Waals surface area contributed by atoms with Crippen molar-refractivity contribution in [3.05, 3.63) is 52.7 Å².